The molecule has 2 aromatic rings. The minimum absolute atomic E-state index is 0.000194. The Labute approximate surface area is 173 Å². The maximum atomic E-state index is 13.9. The lowest BCUT2D eigenvalue weighted by molar-refractivity contribution is -0.153. The summed E-state index contributed by atoms with van der Waals surface area (Å²) in [6.07, 6.45) is 0.399. The van der Waals surface area contributed by atoms with Crippen molar-refractivity contribution in [2.45, 2.75) is 24.5 Å². The van der Waals surface area contributed by atoms with Crippen LogP contribution in [0.4, 0.5) is 4.39 Å². The average molecular weight is 416 g/mol. The van der Waals surface area contributed by atoms with Gasteiger partial charge in [-0.3, -0.25) is 4.79 Å². The molecule has 3 fully saturated rings. The van der Waals surface area contributed by atoms with Gasteiger partial charge in [-0.05, 0) is 19.2 Å². The van der Waals surface area contributed by atoms with Crippen molar-refractivity contribution in [2.24, 2.45) is 11.8 Å². The number of aliphatic hydroxyl groups is 1. The second kappa shape index (κ2) is 7.40. The number of likely N-dealkylation sites (tertiary alicyclic amines) is 2. The van der Waals surface area contributed by atoms with Crippen molar-refractivity contribution in [3.63, 3.8) is 0 Å². The van der Waals surface area contributed by atoms with Gasteiger partial charge in [-0.1, -0.05) is 17.3 Å². The monoisotopic (exact) mass is 416 g/mol. The quantitative estimate of drug-likeness (QED) is 0.776. The van der Waals surface area contributed by atoms with Crippen LogP contribution in [0.2, 0.25) is 0 Å². The maximum Gasteiger partial charge on any atom is 0.227 e. The van der Waals surface area contributed by atoms with Crippen LogP contribution in [0.1, 0.15) is 12.3 Å². The number of aryl methyl sites for hydroxylation is 1. The molecule has 3 saturated heterocycles. The first-order chi connectivity index (χ1) is 14.5. The second-order valence-electron chi connectivity index (χ2n) is 8.64. The molecule has 8 nitrogen and oxygen atoms in total. The minimum atomic E-state index is -0.418. The summed E-state index contributed by atoms with van der Waals surface area (Å²) < 4.78 is 25.4. The van der Waals surface area contributed by atoms with Gasteiger partial charge in [0, 0.05) is 50.9 Å². The number of carbonyl (C=O) groups is 1. The van der Waals surface area contributed by atoms with E-state index in [4.69, 9.17) is 9.26 Å². The highest BCUT2D eigenvalue weighted by molar-refractivity contribution is 5.76. The molecule has 3 aliphatic rings. The summed E-state index contributed by atoms with van der Waals surface area (Å²) >= 11 is 0. The Hall–Kier alpha value is -2.36. The molecule has 1 spiro atoms. The van der Waals surface area contributed by atoms with Gasteiger partial charge in [0.25, 0.3) is 0 Å². The van der Waals surface area contributed by atoms with Crippen molar-refractivity contribution in [1.82, 2.24) is 19.9 Å². The summed E-state index contributed by atoms with van der Waals surface area (Å²) in [5.41, 5.74) is -0.113. The summed E-state index contributed by atoms with van der Waals surface area (Å²) in [5, 5.41) is 13.7. The number of aliphatic hydroxyl groups excluding tert-OH is 1. The normalized spacial score (nSPS) is 30.6. The van der Waals surface area contributed by atoms with Crippen molar-refractivity contribution in [3.8, 4) is 11.4 Å². The lowest BCUT2D eigenvalue weighted by Crippen LogP contribution is -2.55. The maximum absolute atomic E-state index is 13.9. The third kappa shape index (κ3) is 3.21. The van der Waals surface area contributed by atoms with Crippen LogP contribution in [0, 0.1) is 17.7 Å². The second-order valence-corrected chi connectivity index (χ2v) is 8.64. The molecular formula is C21H25FN4O4. The van der Waals surface area contributed by atoms with Gasteiger partial charge in [-0.15, -0.1) is 0 Å². The Balaban J connectivity index is 1.24. The fourth-order valence-corrected chi connectivity index (χ4v) is 5.34. The van der Waals surface area contributed by atoms with Crippen LogP contribution < -0.4 is 0 Å². The smallest absolute Gasteiger partial charge is 0.227 e. The summed E-state index contributed by atoms with van der Waals surface area (Å²) in [7, 11) is 2.05. The molecular weight excluding hydrogens is 391 g/mol. The fraction of sp³-hybridized carbons (Fsp3) is 0.571. The van der Waals surface area contributed by atoms with Crippen LogP contribution >= 0.6 is 0 Å². The predicted octanol–water partition coefficient (Wildman–Crippen LogP) is 0.958. The molecule has 4 atom stereocenters. The highest BCUT2D eigenvalue weighted by atomic mass is 19.1. The zero-order valence-corrected chi connectivity index (χ0v) is 16.8. The van der Waals surface area contributed by atoms with E-state index in [1.807, 2.05) is 11.9 Å². The molecule has 3 aliphatic heterocycles. The first-order valence-electron chi connectivity index (χ1n) is 10.3. The zero-order chi connectivity index (χ0) is 20.9. The Kier molecular flexibility index (Phi) is 4.83. The van der Waals surface area contributed by atoms with Crippen LogP contribution in [0.3, 0.4) is 0 Å². The topological polar surface area (TPSA) is 91.9 Å². The van der Waals surface area contributed by atoms with E-state index in [0.717, 1.165) is 13.1 Å². The van der Waals surface area contributed by atoms with Gasteiger partial charge in [0.2, 0.25) is 17.6 Å². The summed E-state index contributed by atoms with van der Waals surface area (Å²) in [6.45, 7) is 2.76. The Morgan fingerprint density at radius 3 is 2.97 bits per heavy atom. The molecule has 1 amide bonds. The van der Waals surface area contributed by atoms with Gasteiger partial charge in [-0.25, -0.2) is 4.39 Å². The van der Waals surface area contributed by atoms with Crippen molar-refractivity contribution in [1.29, 1.82) is 0 Å². The SMILES string of the molecule is CN1C[C@@H]2[C@H](CO)[C@H]3CN(C(=O)CCc4nc(-c5ccccc5F)no4)C[C@]2(C1)O3. The van der Waals surface area contributed by atoms with Crippen LogP contribution in [0.15, 0.2) is 28.8 Å². The number of aromatic nitrogens is 2. The van der Waals surface area contributed by atoms with Gasteiger partial charge in [0.05, 0.1) is 18.2 Å². The largest absolute Gasteiger partial charge is 0.396 e. The number of carbonyl (C=O) groups excluding carboxylic acids is 1. The molecule has 30 heavy (non-hydrogen) atoms. The summed E-state index contributed by atoms with van der Waals surface area (Å²) in [5.74, 6) is 0.379. The first-order valence-corrected chi connectivity index (χ1v) is 10.3. The van der Waals surface area contributed by atoms with Crippen LogP contribution in [0.25, 0.3) is 11.4 Å². The number of benzene rings is 1. The van der Waals surface area contributed by atoms with Gasteiger partial charge >= 0.3 is 0 Å². The van der Waals surface area contributed by atoms with E-state index >= 15 is 0 Å². The Bertz CT molecular complexity index is 953. The lowest BCUT2D eigenvalue weighted by atomic mass is 9.83. The predicted molar refractivity (Wildman–Crippen MR) is 104 cm³/mol. The third-order valence-corrected chi connectivity index (χ3v) is 6.66. The van der Waals surface area contributed by atoms with Crippen molar-refractivity contribution >= 4 is 5.91 Å². The van der Waals surface area contributed by atoms with Crippen molar-refractivity contribution in [2.75, 3.05) is 39.8 Å². The lowest BCUT2D eigenvalue weighted by Gasteiger charge is -2.40. The van der Waals surface area contributed by atoms with Gasteiger partial charge in [-0.2, -0.15) is 4.98 Å². The molecule has 9 heteroatoms. The molecule has 1 aromatic carbocycles. The van der Waals surface area contributed by atoms with E-state index in [2.05, 4.69) is 15.0 Å². The van der Waals surface area contributed by atoms with Crippen molar-refractivity contribution in [3.05, 3.63) is 36.0 Å². The number of amides is 1. The molecule has 0 radical (unpaired) electrons. The molecule has 1 N–H and O–H groups in total. The van der Waals surface area contributed by atoms with E-state index in [9.17, 15) is 14.3 Å². The van der Waals surface area contributed by atoms with E-state index in [1.165, 1.54) is 6.07 Å². The number of hydrogen-bond donors (Lipinski definition) is 1. The molecule has 0 saturated carbocycles. The number of hydrogen-bond acceptors (Lipinski definition) is 7. The van der Waals surface area contributed by atoms with E-state index in [0.29, 0.717) is 25.4 Å². The number of nitrogens with zero attached hydrogens (tertiary/aromatic N) is 4. The molecule has 0 aliphatic carbocycles. The first kappa shape index (κ1) is 19.6. The molecule has 2 bridgehead atoms. The fourth-order valence-electron chi connectivity index (χ4n) is 5.34. The highest BCUT2D eigenvalue weighted by Gasteiger charge is 2.62. The highest BCUT2D eigenvalue weighted by Crippen LogP contribution is 2.48. The average Bonchev–Trinajstić information content (AvgIpc) is 3.36. The number of morpholine rings is 1. The van der Waals surface area contributed by atoms with Gasteiger partial charge in [0.15, 0.2) is 0 Å². The van der Waals surface area contributed by atoms with Crippen LogP contribution in [0.5, 0.6) is 0 Å². The molecule has 4 heterocycles. The van der Waals surface area contributed by atoms with Gasteiger partial charge in [0.1, 0.15) is 11.4 Å². The minimum Gasteiger partial charge on any atom is -0.396 e. The number of fused-ring (bicyclic) bond motifs is 1. The molecule has 1 aromatic heterocycles. The van der Waals surface area contributed by atoms with Gasteiger partial charge < -0.3 is 24.2 Å². The van der Waals surface area contributed by atoms with Crippen LogP contribution in [-0.4, -0.2) is 82.5 Å². The zero-order valence-electron chi connectivity index (χ0n) is 16.8. The summed E-state index contributed by atoms with van der Waals surface area (Å²) in [6, 6.07) is 6.23. The third-order valence-electron chi connectivity index (χ3n) is 6.66. The number of rotatable bonds is 5. The van der Waals surface area contributed by atoms with Crippen molar-refractivity contribution < 1.29 is 23.6 Å². The number of halogens is 1. The van der Waals surface area contributed by atoms with E-state index in [-0.39, 0.29) is 53.9 Å². The van der Waals surface area contributed by atoms with E-state index < -0.39 is 5.82 Å². The Morgan fingerprint density at radius 2 is 2.17 bits per heavy atom. The Morgan fingerprint density at radius 1 is 1.33 bits per heavy atom. The number of ether oxygens (including phenoxy) is 1. The standard InChI is InChI=1S/C21H25FN4O4/c1-25-8-15-14(10-27)17-9-26(12-21(15,11-25)29-17)19(28)7-6-18-23-20(24-30-18)13-4-2-3-5-16(13)22/h2-5,14-15,17,27H,6-12H2,1H3/t14-,15+,17+,21-/m0/s1. The molecule has 0 unspecified atom stereocenters. The summed E-state index contributed by atoms with van der Waals surface area (Å²) in [4.78, 5) is 21.2. The van der Waals surface area contributed by atoms with Crippen LogP contribution in [-0.2, 0) is 16.0 Å². The molecule has 160 valence electrons. The molecule has 5 rings (SSSR count). The van der Waals surface area contributed by atoms with E-state index in [1.54, 1.807) is 18.2 Å². The number of likely N-dealkylation sites (N-methyl/N-ethyl adjacent to an activating group) is 1.